The highest BCUT2D eigenvalue weighted by atomic mass is 16.5. The number of hydrogen-bond acceptors (Lipinski definition) is 4. The summed E-state index contributed by atoms with van der Waals surface area (Å²) in [5, 5.41) is 3.46. The maximum Gasteiger partial charge on any atom is 0.349 e. The number of carbonyl (C=O) groups excluding carboxylic acids is 1. The van der Waals surface area contributed by atoms with Crippen molar-refractivity contribution < 1.29 is 13.9 Å². The number of benzene rings is 2. The molecule has 1 aromatic heterocycles. The molecule has 0 fully saturated rings. The molecule has 1 amide bonds. The molecule has 2 aromatic carbocycles. The molecule has 26 heavy (non-hydrogen) atoms. The first-order valence-electron chi connectivity index (χ1n) is 8.63. The van der Waals surface area contributed by atoms with Gasteiger partial charge in [-0.2, -0.15) is 0 Å². The third-order valence-corrected chi connectivity index (χ3v) is 4.13. The molecule has 3 aromatic rings. The average Bonchev–Trinajstić information content (AvgIpc) is 2.67. The number of hydrogen-bond donors (Lipinski definition) is 1. The van der Waals surface area contributed by atoms with Crippen molar-refractivity contribution in [1.82, 2.24) is 5.32 Å². The van der Waals surface area contributed by atoms with Gasteiger partial charge in [0.2, 0.25) is 0 Å². The molecule has 1 unspecified atom stereocenters. The summed E-state index contributed by atoms with van der Waals surface area (Å²) >= 11 is 0. The summed E-state index contributed by atoms with van der Waals surface area (Å²) in [5.41, 5.74) is 0.972. The molecule has 1 N–H and O–H groups in total. The number of rotatable bonds is 7. The Kier molecular flexibility index (Phi) is 5.81. The van der Waals surface area contributed by atoms with Gasteiger partial charge in [-0.3, -0.25) is 4.79 Å². The van der Waals surface area contributed by atoms with Crippen molar-refractivity contribution in [2.75, 3.05) is 13.2 Å². The third kappa shape index (κ3) is 4.37. The van der Waals surface area contributed by atoms with E-state index in [2.05, 4.69) is 5.32 Å². The molecule has 0 spiro atoms. The van der Waals surface area contributed by atoms with Crippen LogP contribution in [0.2, 0.25) is 0 Å². The first-order valence-corrected chi connectivity index (χ1v) is 8.63. The van der Waals surface area contributed by atoms with Gasteiger partial charge in [-0.05, 0) is 31.0 Å². The van der Waals surface area contributed by atoms with Crippen molar-refractivity contribution in [3.8, 4) is 0 Å². The van der Waals surface area contributed by atoms with Crippen molar-refractivity contribution in [2.24, 2.45) is 0 Å². The number of ether oxygens (including phenoxy) is 1. The van der Waals surface area contributed by atoms with Crippen LogP contribution < -0.4 is 10.9 Å². The van der Waals surface area contributed by atoms with Gasteiger partial charge in [-0.25, -0.2) is 4.79 Å². The van der Waals surface area contributed by atoms with Crippen LogP contribution >= 0.6 is 0 Å². The van der Waals surface area contributed by atoms with E-state index in [1.54, 1.807) is 24.3 Å². The van der Waals surface area contributed by atoms with Gasteiger partial charge in [0.15, 0.2) is 0 Å². The van der Waals surface area contributed by atoms with Crippen LogP contribution in [-0.2, 0) is 4.74 Å². The maximum absolute atomic E-state index is 12.2. The van der Waals surface area contributed by atoms with Crippen LogP contribution in [0.5, 0.6) is 0 Å². The lowest BCUT2D eigenvalue weighted by molar-refractivity contribution is 0.0634. The van der Waals surface area contributed by atoms with Crippen LogP contribution in [0, 0.1) is 0 Å². The van der Waals surface area contributed by atoms with E-state index in [1.165, 1.54) is 0 Å². The van der Waals surface area contributed by atoms with Crippen molar-refractivity contribution in [2.45, 2.75) is 19.4 Å². The van der Waals surface area contributed by atoms with E-state index in [0.29, 0.717) is 25.2 Å². The summed E-state index contributed by atoms with van der Waals surface area (Å²) in [7, 11) is 0. The number of nitrogens with one attached hydrogen (secondary N) is 1. The zero-order valence-corrected chi connectivity index (χ0v) is 14.6. The normalized spacial score (nSPS) is 12.0. The fourth-order valence-electron chi connectivity index (χ4n) is 2.67. The number of amides is 1. The molecular weight excluding hydrogens is 330 g/mol. The predicted octanol–water partition coefficient (Wildman–Crippen LogP) is 3.69. The van der Waals surface area contributed by atoms with Gasteiger partial charge in [0, 0.05) is 18.5 Å². The van der Waals surface area contributed by atoms with E-state index in [9.17, 15) is 9.59 Å². The molecule has 1 heterocycles. The van der Waals surface area contributed by atoms with Gasteiger partial charge in [-0.1, -0.05) is 48.5 Å². The SMILES string of the molecule is CC(OCCCNC(=O)c1cc2ccccc2oc1=O)c1ccccc1. The van der Waals surface area contributed by atoms with Crippen LogP contribution in [0.4, 0.5) is 0 Å². The summed E-state index contributed by atoms with van der Waals surface area (Å²) < 4.78 is 10.9. The zero-order chi connectivity index (χ0) is 18.4. The molecule has 0 aliphatic heterocycles. The first kappa shape index (κ1) is 17.9. The molecule has 5 heteroatoms. The Balaban J connectivity index is 1.49. The second kappa shape index (κ2) is 8.45. The van der Waals surface area contributed by atoms with Crippen LogP contribution in [0.15, 0.2) is 69.9 Å². The highest BCUT2D eigenvalue weighted by Gasteiger charge is 2.13. The first-order chi connectivity index (χ1) is 12.6. The van der Waals surface area contributed by atoms with E-state index >= 15 is 0 Å². The highest BCUT2D eigenvalue weighted by Crippen LogP contribution is 2.16. The standard InChI is InChI=1S/C21H21NO4/c1-15(16-8-3-2-4-9-16)25-13-7-12-22-20(23)18-14-17-10-5-6-11-19(17)26-21(18)24/h2-6,8-11,14-15H,7,12-13H2,1H3,(H,22,23). The van der Waals surface area contributed by atoms with Gasteiger partial charge < -0.3 is 14.5 Å². The third-order valence-electron chi connectivity index (χ3n) is 4.13. The van der Waals surface area contributed by atoms with Crippen LogP contribution in [0.3, 0.4) is 0 Å². The molecule has 3 rings (SSSR count). The highest BCUT2D eigenvalue weighted by molar-refractivity contribution is 5.96. The molecule has 0 saturated heterocycles. The van der Waals surface area contributed by atoms with Gasteiger partial charge in [-0.15, -0.1) is 0 Å². The lowest BCUT2D eigenvalue weighted by Crippen LogP contribution is -2.29. The molecule has 0 aliphatic rings. The minimum Gasteiger partial charge on any atom is -0.422 e. The quantitative estimate of drug-likeness (QED) is 0.521. The Labute approximate surface area is 151 Å². The van der Waals surface area contributed by atoms with Crippen molar-refractivity contribution in [3.63, 3.8) is 0 Å². The molecule has 0 radical (unpaired) electrons. The molecular formula is C21H21NO4. The molecule has 0 bridgehead atoms. The number of carbonyl (C=O) groups is 1. The summed E-state index contributed by atoms with van der Waals surface area (Å²) in [4.78, 5) is 24.2. The van der Waals surface area contributed by atoms with Gasteiger partial charge in [0.25, 0.3) is 5.91 Å². The zero-order valence-electron chi connectivity index (χ0n) is 14.6. The minimum absolute atomic E-state index is 0.000524. The minimum atomic E-state index is -0.629. The average molecular weight is 351 g/mol. The van der Waals surface area contributed by atoms with Crippen LogP contribution in [0.25, 0.3) is 11.0 Å². The fraction of sp³-hybridized carbons (Fsp3) is 0.238. The monoisotopic (exact) mass is 351 g/mol. The Morgan fingerprint density at radius 2 is 1.85 bits per heavy atom. The fourth-order valence-corrected chi connectivity index (χ4v) is 2.67. The molecule has 5 nitrogen and oxygen atoms in total. The van der Waals surface area contributed by atoms with Crippen molar-refractivity contribution in [1.29, 1.82) is 0 Å². The van der Waals surface area contributed by atoms with Crippen LogP contribution in [-0.4, -0.2) is 19.1 Å². The Morgan fingerprint density at radius 3 is 2.65 bits per heavy atom. The smallest absolute Gasteiger partial charge is 0.349 e. The van der Waals surface area contributed by atoms with E-state index < -0.39 is 11.5 Å². The Hall–Kier alpha value is -2.92. The van der Waals surface area contributed by atoms with Crippen LogP contribution in [0.1, 0.15) is 35.4 Å². The molecule has 134 valence electrons. The van der Waals surface area contributed by atoms with Crippen molar-refractivity contribution in [3.05, 3.63) is 82.2 Å². The van der Waals surface area contributed by atoms with E-state index in [4.69, 9.17) is 9.15 Å². The summed E-state index contributed by atoms with van der Waals surface area (Å²) in [6.45, 7) is 2.93. The Bertz CT molecular complexity index is 933. The van der Waals surface area contributed by atoms with Gasteiger partial charge in [0.1, 0.15) is 11.1 Å². The van der Waals surface area contributed by atoms with Crippen molar-refractivity contribution >= 4 is 16.9 Å². The molecule has 0 aliphatic carbocycles. The van der Waals surface area contributed by atoms with E-state index in [1.807, 2.05) is 43.3 Å². The topological polar surface area (TPSA) is 68.5 Å². The number of para-hydroxylation sites is 1. The summed E-state index contributed by atoms with van der Waals surface area (Å²) in [6.07, 6.45) is 0.654. The predicted molar refractivity (Wildman–Crippen MR) is 100 cm³/mol. The maximum atomic E-state index is 12.2. The lowest BCUT2D eigenvalue weighted by Gasteiger charge is -2.13. The summed E-state index contributed by atoms with van der Waals surface area (Å²) in [5.74, 6) is -0.430. The van der Waals surface area contributed by atoms with Gasteiger partial charge >= 0.3 is 5.63 Å². The second-order valence-electron chi connectivity index (χ2n) is 6.02. The van der Waals surface area contributed by atoms with Gasteiger partial charge in [0.05, 0.1) is 6.10 Å². The molecule has 1 atom stereocenters. The van der Waals surface area contributed by atoms with E-state index in [-0.39, 0.29) is 11.7 Å². The molecule has 0 saturated carbocycles. The lowest BCUT2D eigenvalue weighted by atomic mass is 10.1. The second-order valence-corrected chi connectivity index (χ2v) is 6.02. The Morgan fingerprint density at radius 1 is 1.12 bits per heavy atom. The number of fused-ring (bicyclic) bond motifs is 1. The summed E-state index contributed by atoms with van der Waals surface area (Å²) in [6, 6.07) is 18.6. The van der Waals surface area contributed by atoms with E-state index in [0.717, 1.165) is 10.9 Å². The largest absolute Gasteiger partial charge is 0.422 e.